The molecular formula is C23H35N11O9. The fourth-order valence-electron chi connectivity index (χ4n) is 3.43. The Balaban J connectivity index is 5.75. The third-order valence-electron chi connectivity index (χ3n) is 5.61. The Kier molecular flexibility index (Phi) is 16.0. The lowest BCUT2D eigenvalue weighted by molar-refractivity contribution is -0.141. The van der Waals surface area contributed by atoms with E-state index in [1.807, 2.05) is 0 Å². The molecule has 6 N–H and O–H groups in total. The Labute approximate surface area is 245 Å². The summed E-state index contributed by atoms with van der Waals surface area (Å²) in [6.45, 7) is 8.67. The molecular weight excluding hydrogens is 574 g/mol. The Morgan fingerprint density at radius 3 is 1.60 bits per heavy atom. The molecule has 0 saturated heterocycles. The summed E-state index contributed by atoms with van der Waals surface area (Å²) in [5.41, 5.74) is 16.8. The van der Waals surface area contributed by atoms with Crippen LogP contribution in [0.25, 0.3) is 20.9 Å². The average Bonchev–Trinajstić information content (AvgIpc) is 2.88. The van der Waals surface area contributed by atoms with E-state index >= 15 is 0 Å². The number of amides is 7. The normalized spacial score (nSPS) is 13.9. The van der Waals surface area contributed by atoms with Gasteiger partial charge in [0.15, 0.2) is 0 Å². The van der Waals surface area contributed by atoms with Gasteiger partial charge in [0, 0.05) is 23.2 Å². The number of aliphatic carboxylic acids is 1. The molecule has 0 unspecified atom stereocenters. The molecule has 0 spiro atoms. The number of hydrogen-bond acceptors (Lipinski definition) is 8. The number of carbonyl (C=O) groups excluding carboxylic acids is 7. The Hall–Kier alpha value is -5.22. The minimum absolute atomic E-state index is 0.418. The van der Waals surface area contributed by atoms with E-state index in [1.54, 1.807) is 13.8 Å². The third kappa shape index (κ3) is 13.8. The number of azide groups is 2. The molecule has 43 heavy (non-hydrogen) atoms. The molecule has 0 saturated carbocycles. The van der Waals surface area contributed by atoms with Gasteiger partial charge >= 0.3 is 5.97 Å². The first-order chi connectivity index (χ1) is 19.9. The van der Waals surface area contributed by atoms with Crippen molar-refractivity contribution in [3.8, 4) is 0 Å². The summed E-state index contributed by atoms with van der Waals surface area (Å²) in [6, 6.07) is -7.17. The standard InChI is InChI=1S/C23H35N11O9/c1-9(2)17(27-12(6)35)23(43)29-14(8-16(37)38)20(40)30-18(10(3)4)22(42)26-11(5)19(39)28-13(21(41)32-34-25)7-15(36)31-33-24/h9-11,13-14,17-18H,7-8H2,1-6H3,(H,26,42)(H,27,35)(H,28,39)(H,29,43)(H,30,40)(H,37,38)/t11-,13-,14-,17-,18-/m0/s1. The van der Waals surface area contributed by atoms with Gasteiger partial charge in [-0.15, -0.1) is 0 Å². The van der Waals surface area contributed by atoms with E-state index in [9.17, 15) is 43.5 Å². The molecule has 0 bridgehead atoms. The first-order valence-electron chi connectivity index (χ1n) is 12.8. The number of carboxylic acids is 1. The minimum atomic E-state index is -1.71. The Morgan fingerprint density at radius 1 is 0.651 bits per heavy atom. The van der Waals surface area contributed by atoms with Gasteiger partial charge in [-0.2, -0.15) is 0 Å². The SMILES string of the molecule is CC(=O)N[C@H](C(=O)N[C@@H](CC(=O)O)C(=O)N[C@H](C(=O)N[C@@H](C)C(=O)N[C@@H](CC(=O)N=[N+]=[N-])C(=O)N=[N+]=[N-])C(C)C)C(C)C. The molecule has 0 aromatic carbocycles. The van der Waals surface area contributed by atoms with Crippen molar-refractivity contribution in [2.75, 3.05) is 0 Å². The van der Waals surface area contributed by atoms with Gasteiger partial charge in [-0.1, -0.05) is 27.7 Å². The molecule has 0 aromatic rings. The molecule has 0 aliphatic heterocycles. The van der Waals surface area contributed by atoms with Gasteiger partial charge in [0.25, 0.3) is 0 Å². The zero-order chi connectivity index (χ0) is 33.4. The first-order valence-corrected chi connectivity index (χ1v) is 12.8. The van der Waals surface area contributed by atoms with Gasteiger partial charge in [-0.05, 0) is 40.1 Å². The highest BCUT2D eigenvalue weighted by Crippen LogP contribution is 2.07. The number of nitrogens with one attached hydrogen (secondary N) is 5. The Morgan fingerprint density at radius 2 is 1.14 bits per heavy atom. The number of carboxylic acid groups (broad SMARTS) is 1. The first kappa shape index (κ1) is 37.8. The zero-order valence-corrected chi connectivity index (χ0v) is 24.4. The van der Waals surface area contributed by atoms with Crippen LogP contribution in [0.5, 0.6) is 0 Å². The van der Waals surface area contributed by atoms with Crippen molar-refractivity contribution < 1.29 is 43.5 Å². The van der Waals surface area contributed by atoms with E-state index in [0.717, 1.165) is 0 Å². The van der Waals surface area contributed by atoms with Crippen LogP contribution in [0.3, 0.4) is 0 Å². The molecule has 20 heteroatoms. The van der Waals surface area contributed by atoms with Gasteiger partial charge in [-0.25, -0.2) is 0 Å². The minimum Gasteiger partial charge on any atom is -0.481 e. The van der Waals surface area contributed by atoms with Crippen LogP contribution in [0, 0.1) is 11.8 Å². The predicted molar refractivity (Wildman–Crippen MR) is 146 cm³/mol. The average molecular weight is 610 g/mol. The summed E-state index contributed by atoms with van der Waals surface area (Å²) in [4.78, 5) is 102. The molecule has 7 amide bonds. The largest absolute Gasteiger partial charge is 0.481 e. The lowest BCUT2D eigenvalue weighted by Gasteiger charge is -2.28. The molecule has 0 radical (unpaired) electrons. The maximum atomic E-state index is 13.0. The zero-order valence-electron chi connectivity index (χ0n) is 24.4. The number of rotatable bonds is 16. The summed E-state index contributed by atoms with van der Waals surface area (Å²) in [5.74, 6) is -9.22. The monoisotopic (exact) mass is 609 g/mol. The van der Waals surface area contributed by atoms with E-state index in [4.69, 9.17) is 11.1 Å². The fourth-order valence-corrected chi connectivity index (χ4v) is 3.43. The molecule has 0 rings (SSSR count). The Bertz CT molecular complexity index is 1210. The highest BCUT2D eigenvalue weighted by Gasteiger charge is 2.34. The topological polar surface area (TPSA) is 314 Å². The molecule has 0 heterocycles. The van der Waals surface area contributed by atoms with Crippen LogP contribution in [-0.2, 0) is 38.4 Å². The van der Waals surface area contributed by atoms with Crippen molar-refractivity contribution in [2.24, 2.45) is 22.1 Å². The van der Waals surface area contributed by atoms with Crippen molar-refractivity contribution in [3.05, 3.63) is 20.9 Å². The summed E-state index contributed by atoms with van der Waals surface area (Å²) < 4.78 is 0. The molecule has 5 atom stereocenters. The van der Waals surface area contributed by atoms with E-state index in [0.29, 0.717) is 0 Å². The van der Waals surface area contributed by atoms with Crippen molar-refractivity contribution in [1.82, 2.24) is 26.6 Å². The fraction of sp³-hybridized carbons (Fsp3) is 0.652. The van der Waals surface area contributed by atoms with Crippen LogP contribution in [0.15, 0.2) is 10.2 Å². The number of hydrogen-bond donors (Lipinski definition) is 6. The molecule has 0 fully saturated rings. The quantitative estimate of drug-likeness (QED) is 0.0730. The second-order valence-corrected chi connectivity index (χ2v) is 9.92. The summed E-state index contributed by atoms with van der Waals surface area (Å²) in [5, 5.41) is 26.3. The second-order valence-electron chi connectivity index (χ2n) is 9.92. The van der Waals surface area contributed by atoms with E-state index in [2.05, 4.69) is 46.6 Å². The lowest BCUT2D eigenvalue weighted by atomic mass is 10.0. The summed E-state index contributed by atoms with van der Waals surface area (Å²) in [7, 11) is 0. The van der Waals surface area contributed by atoms with Gasteiger partial charge in [0.2, 0.25) is 41.4 Å². The molecule has 236 valence electrons. The van der Waals surface area contributed by atoms with Crippen molar-refractivity contribution in [2.45, 2.75) is 84.6 Å². The van der Waals surface area contributed by atoms with Gasteiger partial charge in [0.1, 0.15) is 30.2 Å². The summed E-state index contributed by atoms with van der Waals surface area (Å²) in [6.07, 6.45) is -1.70. The van der Waals surface area contributed by atoms with Gasteiger partial charge in [0.05, 0.1) is 6.42 Å². The van der Waals surface area contributed by atoms with Crippen molar-refractivity contribution in [3.63, 3.8) is 0 Å². The molecule has 0 aromatic heterocycles. The van der Waals surface area contributed by atoms with Crippen LogP contribution in [-0.4, -0.2) is 82.6 Å². The molecule has 0 aliphatic carbocycles. The highest BCUT2D eigenvalue weighted by molar-refractivity contribution is 5.98. The third-order valence-corrected chi connectivity index (χ3v) is 5.61. The molecule has 20 nitrogen and oxygen atoms in total. The second kappa shape index (κ2) is 18.3. The smallest absolute Gasteiger partial charge is 0.305 e. The van der Waals surface area contributed by atoms with E-state index in [-0.39, 0.29) is 0 Å². The van der Waals surface area contributed by atoms with E-state index in [1.165, 1.54) is 27.7 Å². The van der Waals surface area contributed by atoms with Crippen LogP contribution in [0.1, 0.15) is 54.4 Å². The van der Waals surface area contributed by atoms with Crippen LogP contribution in [0.4, 0.5) is 0 Å². The highest BCUT2D eigenvalue weighted by atomic mass is 16.4. The maximum absolute atomic E-state index is 13.0. The lowest BCUT2D eigenvalue weighted by Crippen LogP contribution is -2.60. The molecule has 0 aliphatic rings. The number of nitrogens with zero attached hydrogens (tertiary/aromatic N) is 6. The summed E-state index contributed by atoms with van der Waals surface area (Å²) >= 11 is 0. The maximum Gasteiger partial charge on any atom is 0.305 e. The van der Waals surface area contributed by atoms with Crippen LogP contribution in [0.2, 0.25) is 0 Å². The van der Waals surface area contributed by atoms with Gasteiger partial charge < -0.3 is 31.7 Å². The number of carbonyl (C=O) groups is 8. The van der Waals surface area contributed by atoms with Crippen LogP contribution < -0.4 is 26.6 Å². The predicted octanol–water partition coefficient (Wildman–Crippen LogP) is -0.699. The van der Waals surface area contributed by atoms with E-state index < -0.39 is 102 Å². The van der Waals surface area contributed by atoms with Crippen molar-refractivity contribution >= 4 is 47.3 Å². The van der Waals surface area contributed by atoms with Gasteiger partial charge in [-0.3, -0.25) is 38.4 Å². The van der Waals surface area contributed by atoms with Crippen molar-refractivity contribution in [1.29, 1.82) is 0 Å². The van der Waals surface area contributed by atoms with Crippen LogP contribution >= 0.6 is 0 Å².